The van der Waals surface area contributed by atoms with E-state index in [0.29, 0.717) is 38.3 Å². The van der Waals surface area contributed by atoms with E-state index in [9.17, 15) is 18.0 Å². The Morgan fingerprint density at radius 2 is 1.96 bits per heavy atom. The maximum absolute atomic E-state index is 13.2. The number of nitrogens with zero attached hydrogens (tertiary/aromatic N) is 2. The molecule has 2 aliphatic rings. The molecule has 2 heterocycles. The van der Waals surface area contributed by atoms with Gasteiger partial charge in [-0.3, -0.25) is 4.90 Å². The number of hydrogen-bond donors (Lipinski definition) is 0. The lowest BCUT2D eigenvalue weighted by atomic mass is 10.0. The number of hydrogen-bond acceptors (Lipinski definition) is 3. The van der Waals surface area contributed by atoms with Crippen molar-refractivity contribution >= 4 is 6.09 Å². The highest BCUT2D eigenvalue weighted by Gasteiger charge is 2.37. The summed E-state index contributed by atoms with van der Waals surface area (Å²) >= 11 is 0. The predicted octanol–water partition coefficient (Wildman–Crippen LogP) is 4.28. The minimum Gasteiger partial charge on any atom is -0.444 e. The molecule has 3 rings (SSSR count). The second-order valence-electron chi connectivity index (χ2n) is 8.19. The number of rotatable bonds is 2. The molecule has 144 valence electrons. The summed E-state index contributed by atoms with van der Waals surface area (Å²) in [6.45, 7) is 8.25. The van der Waals surface area contributed by atoms with Crippen molar-refractivity contribution in [3.8, 4) is 0 Å². The molecule has 1 amide bonds. The van der Waals surface area contributed by atoms with Gasteiger partial charge >= 0.3 is 12.3 Å². The van der Waals surface area contributed by atoms with Gasteiger partial charge < -0.3 is 9.64 Å². The quantitative estimate of drug-likeness (QED) is 0.779. The Bertz CT molecular complexity index is 682. The van der Waals surface area contributed by atoms with Gasteiger partial charge in [-0.05, 0) is 50.3 Å². The van der Waals surface area contributed by atoms with E-state index in [0.717, 1.165) is 18.1 Å². The number of carbonyl (C=O) groups is 1. The van der Waals surface area contributed by atoms with Gasteiger partial charge in [-0.25, -0.2) is 4.79 Å². The monoisotopic (exact) mass is 370 g/mol. The van der Waals surface area contributed by atoms with Crippen LogP contribution >= 0.6 is 0 Å². The number of fused-ring (bicyclic) bond motifs is 1. The Morgan fingerprint density at radius 3 is 2.62 bits per heavy atom. The van der Waals surface area contributed by atoms with Crippen LogP contribution < -0.4 is 0 Å². The van der Waals surface area contributed by atoms with E-state index in [1.807, 2.05) is 25.7 Å². The maximum Gasteiger partial charge on any atom is 0.416 e. The van der Waals surface area contributed by atoms with Gasteiger partial charge in [0.1, 0.15) is 5.60 Å². The van der Waals surface area contributed by atoms with E-state index < -0.39 is 17.3 Å². The molecule has 0 spiro atoms. The van der Waals surface area contributed by atoms with Crippen LogP contribution in [0.1, 0.15) is 43.9 Å². The maximum atomic E-state index is 13.2. The second kappa shape index (κ2) is 6.76. The van der Waals surface area contributed by atoms with Crippen LogP contribution in [-0.4, -0.2) is 41.1 Å². The third kappa shape index (κ3) is 4.31. The van der Waals surface area contributed by atoms with Crippen LogP contribution in [0.25, 0.3) is 0 Å². The highest BCUT2D eigenvalue weighted by Crippen LogP contribution is 2.37. The molecule has 1 unspecified atom stereocenters. The number of ether oxygens (including phenoxy) is 1. The Labute approximate surface area is 151 Å². The molecule has 0 bridgehead atoms. The van der Waals surface area contributed by atoms with Gasteiger partial charge in [0, 0.05) is 32.7 Å². The van der Waals surface area contributed by atoms with Crippen molar-refractivity contribution in [3.05, 3.63) is 34.9 Å². The van der Waals surface area contributed by atoms with Gasteiger partial charge in [-0.2, -0.15) is 13.2 Å². The first-order chi connectivity index (χ1) is 12.0. The lowest BCUT2D eigenvalue weighted by Gasteiger charge is -2.25. The minimum absolute atomic E-state index is 0.256. The van der Waals surface area contributed by atoms with Gasteiger partial charge in [0.2, 0.25) is 0 Å². The summed E-state index contributed by atoms with van der Waals surface area (Å²) in [4.78, 5) is 15.9. The standard InChI is InChI=1S/C19H25F3N2O2/c1-18(2,3)26-17(25)24-8-7-13(10-24)9-23-11-14-5-4-6-16(15(14)12-23)19(20,21)22/h4-6,13H,7-12H2,1-3H3. The molecular formula is C19H25F3N2O2. The van der Waals surface area contributed by atoms with Gasteiger partial charge in [0.25, 0.3) is 0 Å². The zero-order valence-corrected chi connectivity index (χ0v) is 15.4. The van der Waals surface area contributed by atoms with Gasteiger partial charge in [0.15, 0.2) is 0 Å². The molecule has 0 saturated carbocycles. The normalized spacial score (nSPS) is 21.2. The molecule has 0 aromatic heterocycles. The topological polar surface area (TPSA) is 32.8 Å². The molecular weight excluding hydrogens is 345 g/mol. The molecule has 1 atom stereocenters. The lowest BCUT2D eigenvalue weighted by Crippen LogP contribution is -2.36. The van der Waals surface area contributed by atoms with Gasteiger partial charge in [-0.1, -0.05) is 12.1 Å². The van der Waals surface area contributed by atoms with Crippen LogP contribution in [0, 0.1) is 5.92 Å². The zero-order valence-electron chi connectivity index (χ0n) is 15.4. The van der Waals surface area contributed by atoms with E-state index in [-0.39, 0.29) is 12.0 Å². The van der Waals surface area contributed by atoms with Crippen LogP contribution in [-0.2, 0) is 24.0 Å². The fourth-order valence-corrected chi connectivity index (χ4v) is 3.72. The lowest BCUT2D eigenvalue weighted by molar-refractivity contribution is -0.138. The molecule has 2 aliphatic heterocycles. The van der Waals surface area contributed by atoms with E-state index in [1.54, 1.807) is 11.0 Å². The third-order valence-electron chi connectivity index (χ3n) is 4.81. The second-order valence-corrected chi connectivity index (χ2v) is 8.19. The van der Waals surface area contributed by atoms with Crippen LogP contribution in [0.15, 0.2) is 18.2 Å². The number of amides is 1. The van der Waals surface area contributed by atoms with Crippen LogP contribution in [0.5, 0.6) is 0 Å². The van der Waals surface area contributed by atoms with Gasteiger partial charge in [-0.15, -0.1) is 0 Å². The Morgan fingerprint density at radius 1 is 1.23 bits per heavy atom. The predicted molar refractivity (Wildman–Crippen MR) is 91.5 cm³/mol. The number of halogens is 3. The Kier molecular flexibility index (Phi) is 4.94. The molecule has 4 nitrogen and oxygen atoms in total. The molecule has 7 heteroatoms. The molecule has 26 heavy (non-hydrogen) atoms. The fraction of sp³-hybridized carbons (Fsp3) is 0.632. The van der Waals surface area contributed by atoms with Crippen molar-refractivity contribution in [2.45, 2.75) is 52.1 Å². The number of alkyl halides is 3. The molecule has 1 fully saturated rings. The van der Waals surface area contributed by atoms with Gasteiger partial charge in [0.05, 0.1) is 5.56 Å². The van der Waals surface area contributed by atoms with Crippen molar-refractivity contribution in [2.24, 2.45) is 5.92 Å². The summed E-state index contributed by atoms with van der Waals surface area (Å²) in [5, 5.41) is 0. The van der Waals surface area contributed by atoms with E-state index in [2.05, 4.69) is 0 Å². The molecule has 1 aromatic carbocycles. The Balaban J connectivity index is 1.58. The van der Waals surface area contributed by atoms with Crippen molar-refractivity contribution in [3.63, 3.8) is 0 Å². The summed E-state index contributed by atoms with van der Waals surface area (Å²) in [6, 6.07) is 4.40. The number of likely N-dealkylation sites (tertiary alicyclic amines) is 1. The SMILES string of the molecule is CC(C)(C)OC(=O)N1CCC(CN2Cc3cccc(C(F)(F)F)c3C2)C1. The third-order valence-corrected chi connectivity index (χ3v) is 4.81. The smallest absolute Gasteiger partial charge is 0.416 e. The molecule has 0 radical (unpaired) electrons. The van der Waals surface area contributed by atoms with E-state index >= 15 is 0 Å². The van der Waals surface area contributed by atoms with Crippen molar-refractivity contribution in [1.82, 2.24) is 9.80 Å². The minimum atomic E-state index is -4.32. The largest absolute Gasteiger partial charge is 0.444 e. The molecule has 1 aromatic rings. The highest BCUT2D eigenvalue weighted by molar-refractivity contribution is 5.68. The van der Waals surface area contributed by atoms with Crippen molar-refractivity contribution in [1.29, 1.82) is 0 Å². The summed E-state index contributed by atoms with van der Waals surface area (Å²) < 4.78 is 44.9. The summed E-state index contributed by atoms with van der Waals surface area (Å²) in [5.74, 6) is 0.256. The fourth-order valence-electron chi connectivity index (χ4n) is 3.72. The van der Waals surface area contributed by atoms with Crippen LogP contribution in [0.3, 0.4) is 0 Å². The summed E-state index contributed by atoms with van der Waals surface area (Å²) in [7, 11) is 0. The summed E-state index contributed by atoms with van der Waals surface area (Å²) in [5.41, 5.74) is 0.0860. The molecule has 0 aliphatic carbocycles. The first-order valence-electron chi connectivity index (χ1n) is 8.91. The van der Waals surface area contributed by atoms with Crippen molar-refractivity contribution in [2.75, 3.05) is 19.6 Å². The first kappa shape index (κ1) is 19.0. The number of benzene rings is 1. The van der Waals surface area contributed by atoms with E-state index in [4.69, 9.17) is 4.74 Å². The number of carbonyl (C=O) groups excluding carboxylic acids is 1. The summed E-state index contributed by atoms with van der Waals surface area (Å²) in [6.07, 6.45) is -3.79. The average Bonchev–Trinajstić information content (AvgIpc) is 3.10. The van der Waals surface area contributed by atoms with E-state index in [1.165, 1.54) is 6.07 Å². The zero-order chi connectivity index (χ0) is 19.1. The highest BCUT2D eigenvalue weighted by atomic mass is 19.4. The first-order valence-corrected chi connectivity index (χ1v) is 8.91. The van der Waals surface area contributed by atoms with Crippen LogP contribution in [0.4, 0.5) is 18.0 Å². The molecule has 1 saturated heterocycles. The van der Waals surface area contributed by atoms with Crippen LogP contribution in [0.2, 0.25) is 0 Å². The Hall–Kier alpha value is -1.76. The average molecular weight is 370 g/mol. The molecule has 0 N–H and O–H groups in total. The van der Waals surface area contributed by atoms with Crippen molar-refractivity contribution < 1.29 is 22.7 Å².